The smallest absolute Gasteiger partial charge is 0.296 e. The molecule has 0 fully saturated rings. The molecule has 1 N–H and O–H groups in total. The van der Waals surface area contributed by atoms with Crippen LogP contribution in [0.1, 0.15) is 34.6 Å². The molecule has 0 saturated carbocycles. The predicted molar refractivity (Wildman–Crippen MR) is 170 cm³/mol. The van der Waals surface area contributed by atoms with Gasteiger partial charge in [0.05, 0.1) is 24.5 Å². The first-order chi connectivity index (χ1) is 21.5. The van der Waals surface area contributed by atoms with Gasteiger partial charge >= 0.3 is 0 Å². The largest absolute Gasteiger partial charge is 0.503 e. The summed E-state index contributed by atoms with van der Waals surface area (Å²) in [5.74, 6) is -0.541. The van der Waals surface area contributed by atoms with Crippen LogP contribution >= 0.6 is 23.1 Å². The van der Waals surface area contributed by atoms with E-state index in [1.165, 1.54) is 40.3 Å². The van der Waals surface area contributed by atoms with Crippen LogP contribution in [0.3, 0.4) is 0 Å². The van der Waals surface area contributed by atoms with Gasteiger partial charge in [-0.05, 0) is 53.1 Å². The molecular weight excluding hydrogens is 599 g/mol. The molecule has 3 heterocycles. The maximum Gasteiger partial charge on any atom is 0.296 e. The molecule has 3 aromatic carbocycles. The fraction of sp³-hybridized carbons (Fsp3) is 0.152. The molecule has 222 valence electrons. The highest BCUT2D eigenvalue weighted by Gasteiger charge is 2.47. The number of amides is 1. The Balaban J connectivity index is 1.36. The normalized spacial score (nSPS) is 14.8. The number of hydrogen-bond acceptors (Lipinski definition) is 10. The van der Waals surface area contributed by atoms with E-state index >= 15 is 0 Å². The quantitative estimate of drug-likeness (QED) is 0.0659. The van der Waals surface area contributed by atoms with E-state index in [0.717, 1.165) is 16.3 Å². The highest BCUT2D eigenvalue weighted by atomic mass is 32.2. The third kappa shape index (κ3) is 5.59. The lowest BCUT2D eigenvalue weighted by Crippen LogP contribution is -2.31. The minimum Gasteiger partial charge on any atom is -0.503 e. The molecule has 2 aromatic heterocycles. The van der Waals surface area contributed by atoms with Crippen molar-refractivity contribution in [1.82, 2.24) is 10.2 Å². The molecule has 1 aliphatic heterocycles. The summed E-state index contributed by atoms with van der Waals surface area (Å²) < 4.78 is 17.6. The standard InChI is InChI=1S/C33H27N3O6S2/c1-3-16-41-24-15-14-21(18-26(24)40-4-2)28-27(29(37)25-13-8-17-42-25)30(38)31(39)36(28)32-34-35-33(44-32)43-19-22-11-7-10-20-9-5-6-12-23(20)22/h3,5-15,17-18,28,38H,1,4,16,19H2,2H3. The molecule has 1 amide bonds. The second-order valence-corrected chi connectivity index (χ2v) is 11.8. The first-order valence-corrected chi connectivity index (χ1v) is 15.6. The van der Waals surface area contributed by atoms with Crippen LogP contribution in [-0.4, -0.2) is 40.2 Å². The Morgan fingerprint density at radius 3 is 2.73 bits per heavy atom. The van der Waals surface area contributed by atoms with Crippen LogP contribution in [0, 0.1) is 0 Å². The Morgan fingerprint density at radius 2 is 1.93 bits per heavy atom. The SMILES string of the molecule is C=CCOc1ccc(C2C(C(=O)c3ccco3)=C(O)C(=O)N2c2nnc(SCc3cccc4ccccc34)s2)cc1OCC. The van der Waals surface area contributed by atoms with E-state index in [1.54, 1.807) is 30.3 Å². The number of furan rings is 1. The molecule has 0 radical (unpaired) electrons. The maximum absolute atomic E-state index is 13.6. The van der Waals surface area contributed by atoms with Gasteiger partial charge < -0.3 is 19.0 Å². The van der Waals surface area contributed by atoms with E-state index in [4.69, 9.17) is 13.9 Å². The van der Waals surface area contributed by atoms with E-state index in [9.17, 15) is 14.7 Å². The van der Waals surface area contributed by atoms with Gasteiger partial charge in [-0.25, -0.2) is 0 Å². The molecule has 1 aliphatic rings. The van der Waals surface area contributed by atoms with Crippen molar-refractivity contribution >= 4 is 50.7 Å². The van der Waals surface area contributed by atoms with Crippen LogP contribution in [0.4, 0.5) is 5.13 Å². The van der Waals surface area contributed by atoms with Gasteiger partial charge in [0.15, 0.2) is 27.4 Å². The number of fused-ring (bicyclic) bond motifs is 1. The Labute approximate surface area is 261 Å². The van der Waals surface area contributed by atoms with E-state index in [2.05, 4.69) is 41.0 Å². The van der Waals surface area contributed by atoms with Crippen LogP contribution < -0.4 is 14.4 Å². The molecule has 1 atom stereocenters. The van der Waals surface area contributed by atoms with Gasteiger partial charge in [0.25, 0.3) is 5.91 Å². The average Bonchev–Trinajstić information content (AvgIpc) is 3.80. The third-order valence-electron chi connectivity index (χ3n) is 6.97. The van der Waals surface area contributed by atoms with Crippen molar-refractivity contribution in [3.63, 3.8) is 0 Å². The minimum absolute atomic E-state index is 0.00855. The molecule has 44 heavy (non-hydrogen) atoms. The van der Waals surface area contributed by atoms with Gasteiger partial charge in [-0.15, -0.1) is 10.2 Å². The number of ketones is 1. The van der Waals surface area contributed by atoms with Crippen molar-refractivity contribution in [2.24, 2.45) is 0 Å². The van der Waals surface area contributed by atoms with Crippen molar-refractivity contribution in [3.05, 3.63) is 120 Å². The third-order valence-corrected chi connectivity index (χ3v) is 9.08. The summed E-state index contributed by atoms with van der Waals surface area (Å²) in [5.41, 5.74) is 1.52. The summed E-state index contributed by atoms with van der Waals surface area (Å²) in [6, 6.07) is 21.5. The van der Waals surface area contributed by atoms with E-state index in [0.29, 0.717) is 33.8 Å². The summed E-state index contributed by atoms with van der Waals surface area (Å²) in [5, 5.41) is 22.3. The van der Waals surface area contributed by atoms with Crippen molar-refractivity contribution in [2.45, 2.75) is 23.1 Å². The number of rotatable bonds is 12. The average molecular weight is 626 g/mol. The van der Waals surface area contributed by atoms with Gasteiger partial charge in [-0.1, -0.05) is 84.3 Å². The van der Waals surface area contributed by atoms with Crippen molar-refractivity contribution in [3.8, 4) is 11.5 Å². The highest BCUT2D eigenvalue weighted by molar-refractivity contribution is 8.00. The van der Waals surface area contributed by atoms with Crippen LogP contribution in [0.5, 0.6) is 11.5 Å². The monoisotopic (exact) mass is 625 g/mol. The van der Waals surface area contributed by atoms with Crippen molar-refractivity contribution in [1.29, 1.82) is 0 Å². The fourth-order valence-corrected chi connectivity index (χ4v) is 6.91. The number of hydrogen-bond donors (Lipinski definition) is 1. The Morgan fingerprint density at radius 1 is 1.09 bits per heavy atom. The molecule has 9 nitrogen and oxygen atoms in total. The number of benzene rings is 3. The van der Waals surface area contributed by atoms with Crippen LogP contribution in [0.25, 0.3) is 10.8 Å². The predicted octanol–water partition coefficient (Wildman–Crippen LogP) is 7.32. The lowest BCUT2D eigenvalue weighted by Gasteiger charge is -2.24. The van der Waals surface area contributed by atoms with Crippen LogP contribution in [0.15, 0.2) is 112 Å². The highest BCUT2D eigenvalue weighted by Crippen LogP contribution is 2.45. The van der Waals surface area contributed by atoms with Crippen LogP contribution in [-0.2, 0) is 10.5 Å². The minimum atomic E-state index is -1.03. The lowest BCUT2D eigenvalue weighted by atomic mass is 9.95. The Kier molecular flexibility index (Phi) is 8.49. The number of carbonyl (C=O) groups is 2. The van der Waals surface area contributed by atoms with E-state index in [1.807, 2.05) is 25.1 Å². The number of anilines is 1. The fourth-order valence-electron chi connectivity index (χ4n) is 5.04. The zero-order valence-electron chi connectivity index (χ0n) is 23.6. The molecule has 11 heteroatoms. The van der Waals surface area contributed by atoms with Gasteiger partial charge in [0.1, 0.15) is 6.61 Å². The molecule has 1 unspecified atom stereocenters. The number of ether oxygens (including phenoxy) is 2. The lowest BCUT2D eigenvalue weighted by molar-refractivity contribution is -0.117. The second-order valence-electron chi connectivity index (χ2n) is 9.66. The maximum atomic E-state index is 13.6. The first-order valence-electron chi connectivity index (χ1n) is 13.8. The van der Waals surface area contributed by atoms with Gasteiger partial charge in [-0.2, -0.15) is 0 Å². The number of aliphatic hydroxyl groups excluding tert-OH is 1. The zero-order chi connectivity index (χ0) is 30.6. The van der Waals surface area contributed by atoms with Gasteiger partial charge in [0, 0.05) is 5.75 Å². The number of Topliss-reactive ketones (excluding diaryl/α,β-unsaturated/α-hetero) is 1. The number of aromatic nitrogens is 2. The number of aliphatic hydroxyl groups is 1. The first kappa shape index (κ1) is 29.2. The van der Waals surface area contributed by atoms with Gasteiger partial charge in [0.2, 0.25) is 10.9 Å². The van der Waals surface area contributed by atoms with Crippen LogP contribution in [0.2, 0.25) is 0 Å². The molecular formula is C33H27N3O6S2. The molecule has 0 saturated heterocycles. The summed E-state index contributed by atoms with van der Waals surface area (Å²) >= 11 is 2.70. The number of carbonyl (C=O) groups excluding carboxylic acids is 2. The van der Waals surface area contributed by atoms with Gasteiger partial charge in [-0.3, -0.25) is 14.5 Å². The summed E-state index contributed by atoms with van der Waals surface area (Å²) in [6.45, 7) is 6.15. The topological polar surface area (TPSA) is 115 Å². The number of thioether (sulfide) groups is 1. The van der Waals surface area contributed by atoms with Crippen molar-refractivity contribution < 1.29 is 28.6 Å². The molecule has 0 spiro atoms. The zero-order valence-corrected chi connectivity index (χ0v) is 25.3. The molecule has 5 aromatic rings. The molecule has 6 rings (SSSR count). The summed E-state index contributed by atoms with van der Waals surface area (Å²) in [6.07, 6.45) is 2.98. The molecule has 0 bridgehead atoms. The molecule has 0 aliphatic carbocycles. The van der Waals surface area contributed by atoms with E-state index in [-0.39, 0.29) is 23.1 Å². The summed E-state index contributed by atoms with van der Waals surface area (Å²) in [4.78, 5) is 28.5. The summed E-state index contributed by atoms with van der Waals surface area (Å²) in [7, 11) is 0. The Bertz CT molecular complexity index is 1880. The number of nitrogens with zero attached hydrogens (tertiary/aromatic N) is 3. The van der Waals surface area contributed by atoms with E-state index < -0.39 is 23.5 Å². The Hall–Kier alpha value is -4.87. The van der Waals surface area contributed by atoms with Crippen molar-refractivity contribution in [2.75, 3.05) is 18.1 Å². The second kappa shape index (κ2) is 12.8.